The first kappa shape index (κ1) is 7.88. The predicted octanol–water partition coefficient (Wildman–Crippen LogP) is -1.76. The van der Waals surface area contributed by atoms with Gasteiger partial charge in [0.05, 0.1) is 12.6 Å². The zero-order chi connectivity index (χ0) is 8.72. The molecule has 2 heterocycles. The molecule has 0 aliphatic carbocycles. The van der Waals surface area contributed by atoms with Crippen molar-refractivity contribution < 1.29 is 24.1 Å². The van der Waals surface area contributed by atoms with Crippen molar-refractivity contribution in [3.8, 4) is 0 Å². The number of hydrogen-bond acceptors (Lipinski definition) is 5. The lowest BCUT2D eigenvalue weighted by Gasteiger charge is -2.10. The highest BCUT2D eigenvalue weighted by molar-refractivity contribution is 6.11. The lowest BCUT2D eigenvalue weighted by atomic mass is 9.93. The smallest absolute Gasteiger partial charge is 0.425 e. The van der Waals surface area contributed by atoms with E-state index in [2.05, 4.69) is 0 Å². The second-order valence-electron chi connectivity index (χ2n) is 2.98. The molecule has 0 aromatic carbocycles. The Labute approximate surface area is 70.0 Å². The summed E-state index contributed by atoms with van der Waals surface area (Å²) in [6.45, 7) is -0.151. The van der Waals surface area contributed by atoms with Gasteiger partial charge in [-0.15, -0.1) is 0 Å². The van der Waals surface area contributed by atoms with Crippen molar-refractivity contribution in [2.75, 3.05) is 6.61 Å². The molecule has 2 rings (SSSR count). The monoisotopic (exact) mass is 172 g/mol. The fourth-order valence-corrected chi connectivity index (χ4v) is 1.61. The Morgan fingerprint density at radius 3 is 2.75 bits per heavy atom. The van der Waals surface area contributed by atoms with E-state index >= 15 is 0 Å². The van der Waals surface area contributed by atoms with E-state index in [0.29, 0.717) is 0 Å². The number of aliphatic hydroxyl groups is 1. The highest BCUT2D eigenvalue weighted by atomic mass is 16.8. The molecule has 2 saturated heterocycles. The molecule has 12 heavy (non-hydrogen) atoms. The lowest BCUT2D eigenvalue weighted by molar-refractivity contribution is -0.0189. The molecular formula is C6H9BO5. The highest BCUT2D eigenvalue weighted by Crippen LogP contribution is 2.30. The molecule has 2 aliphatic heterocycles. The molecule has 2 fully saturated rings. The molecule has 2 aliphatic rings. The zero-order valence-electron chi connectivity index (χ0n) is 6.60. The first-order valence-corrected chi connectivity index (χ1v) is 3.86. The molecule has 4 atom stereocenters. The standard InChI is InChI=1S/C6H9BO5/c7-5-4-3(2(1-8)10-5)11-6(9)12-4/h2-5,8H,1,7H2/t2-,3?,4?,5-/m1/s1. The Kier molecular flexibility index (Phi) is 1.73. The third kappa shape index (κ3) is 0.989. The average Bonchev–Trinajstić information content (AvgIpc) is 2.52. The first-order chi connectivity index (χ1) is 5.72. The van der Waals surface area contributed by atoms with Crippen LogP contribution >= 0.6 is 0 Å². The maximum Gasteiger partial charge on any atom is 0.509 e. The maximum absolute atomic E-state index is 10.7. The molecular weight excluding hydrogens is 163 g/mol. The largest absolute Gasteiger partial charge is 0.509 e. The SMILES string of the molecule is B[C@@H]1O[C@H](CO)C2OC(=O)OC21. The quantitative estimate of drug-likeness (QED) is 0.375. The van der Waals surface area contributed by atoms with Crippen molar-refractivity contribution in [2.24, 2.45) is 0 Å². The number of hydrogen-bond donors (Lipinski definition) is 1. The summed E-state index contributed by atoms with van der Waals surface area (Å²) in [7, 11) is 1.79. The summed E-state index contributed by atoms with van der Waals surface area (Å²) in [6.07, 6.45) is -1.89. The first-order valence-electron chi connectivity index (χ1n) is 3.86. The summed E-state index contributed by atoms with van der Waals surface area (Å²) in [5, 5.41) is 8.85. The summed E-state index contributed by atoms with van der Waals surface area (Å²) in [5.41, 5.74) is 0. The van der Waals surface area contributed by atoms with Crippen LogP contribution in [-0.4, -0.2) is 50.0 Å². The lowest BCUT2D eigenvalue weighted by Crippen LogP contribution is -2.31. The van der Waals surface area contributed by atoms with Crippen LogP contribution in [0.4, 0.5) is 4.79 Å². The molecule has 0 aromatic heterocycles. The molecule has 0 bridgehead atoms. The Balaban J connectivity index is 2.13. The molecule has 5 nitrogen and oxygen atoms in total. The van der Waals surface area contributed by atoms with Gasteiger partial charge in [-0.3, -0.25) is 0 Å². The van der Waals surface area contributed by atoms with E-state index in [4.69, 9.17) is 19.3 Å². The van der Waals surface area contributed by atoms with Gasteiger partial charge < -0.3 is 19.3 Å². The van der Waals surface area contributed by atoms with Gasteiger partial charge in [0, 0.05) is 0 Å². The molecule has 0 saturated carbocycles. The summed E-state index contributed by atoms with van der Waals surface area (Å²) in [6, 6.07) is -0.196. The van der Waals surface area contributed by atoms with Crippen LogP contribution < -0.4 is 0 Å². The third-order valence-corrected chi connectivity index (χ3v) is 2.19. The van der Waals surface area contributed by atoms with Gasteiger partial charge in [0.25, 0.3) is 0 Å². The number of carbonyl (C=O) groups excluding carboxylic acids is 1. The topological polar surface area (TPSA) is 65.0 Å². The Morgan fingerprint density at radius 2 is 2.08 bits per heavy atom. The van der Waals surface area contributed by atoms with Gasteiger partial charge in [-0.25, -0.2) is 4.79 Å². The van der Waals surface area contributed by atoms with Crippen molar-refractivity contribution in [1.29, 1.82) is 0 Å². The summed E-state index contributed by atoms with van der Waals surface area (Å²) in [4.78, 5) is 10.7. The van der Waals surface area contributed by atoms with E-state index in [1.165, 1.54) is 0 Å². The number of rotatable bonds is 1. The van der Waals surface area contributed by atoms with Crippen LogP contribution in [0.5, 0.6) is 0 Å². The fraction of sp³-hybridized carbons (Fsp3) is 0.833. The minimum Gasteiger partial charge on any atom is -0.425 e. The third-order valence-electron chi connectivity index (χ3n) is 2.19. The zero-order valence-corrected chi connectivity index (χ0v) is 6.60. The Morgan fingerprint density at radius 1 is 1.42 bits per heavy atom. The van der Waals surface area contributed by atoms with Gasteiger partial charge in [0.15, 0.2) is 12.2 Å². The summed E-state index contributed by atoms with van der Waals surface area (Å²) in [5.74, 6) is 0. The van der Waals surface area contributed by atoms with Gasteiger partial charge in [-0.05, 0) is 0 Å². The molecule has 0 amide bonds. The second-order valence-corrected chi connectivity index (χ2v) is 2.98. The molecule has 0 spiro atoms. The average molecular weight is 172 g/mol. The second kappa shape index (κ2) is 2.64. The van der Waals surface area contributed by atoms with Crippen LogP contribution in [0.1, 0.15) is 0 Å². The van der Waals surface area contributed by atoms with E-state index in [1.807, 2.05) is 0 Å². The van der Waals surface area contributed by atoms with Crippen molar-refractivity contribution in [1.82, 2.24) is 0 Å². The number of carbonyl (C=O) groups is 1. The van der Waals surface area contributed by atoms with Gasteiger partial charge >= 0.3 is 6.16 Å². The minimum absolute atomic E-state index is 0.151. The summed E-state index contributed by atoms with van der Waals surface area (Å²) < 4.78 is 14.9. The van der Waals surface area contributed by atoms with Crippen molar-refractivity contribution in [3.63, 3.8) is 0 Å². The Hall–Kier alpha value is -0.745. The van der Waals surface area contributed by atoms with Crippen LogP contribution in [0.3, 0.4) is 0 Å². The van der Waals surface area contributed by atoms with Gasteiger partial charge in [-0.2, -0.15) is 0 Å². The normalized spacial score (nSPS) is 45.2. The maximum atomic E-state index is 10.7. The van der Waals surface area contributed by atoms with E-state index in [0.717, 1.165) is 0 Å². The molecule has 6 heteroatoms. The fourth-order valence-electron chi connectivity index (χ4n) is 1.61. The molecule has 66 valence electrons. The van der Waals surface area contributed by atoms with Crippen LogP contribution in [0.15, 0.2) is 0 Å². The van der Waals surface area contributed by atoms with Gasteiger partial charge in [0.1, 0.15) is 14.0 Å². The number of ether oxygens (including phenoxy) is 3. The van der Waals surface area contributed by atoms with Crippen LogP contribution in [0.2, 0.25) is 0 Å². The van der Waals surface area contributed by atoms with Gasteiger partial charge in [-0.1, -0.05) is 0 Å². The number of aliphatic hydroxyl groups excluding tert-OH is 1. The van der Waals surface area contributed by atoms with E-state index in [-0.39, 0.29) is 18.7 Å². The van der Waals surface area contributed by atoms with Crippen molar-refractivity contribution in [2.45, 2.75) is 24.3 Å². The molecule has 0 radical (unpaired) electrons. The van der Waals surface area contributed by atoms with E-state index in [9.17, 15) is 4.79 Å². The van der Waals surface area contributed by atoms with Crippen molar-refractivity contribution >= 4 is 14.0 Å². The summed E-state index contributed by atoms with van der Waals surface area (Å²) >= 11 is 0. The minimum atomic E-state index is -0.668. The van der Waals surface area contributed by atoms with E-state index < -0.39 is 18.4 Å². The molecule has 1 N–H and O–H groups in total. The number of fused-ring (bicyclic) bond motifs is 1. The highest BCUT2D eigenvalue weighted by Gasteiger charge is 2.51. The van der Waals surface area contributed by atoms with Crippen LogP contribution in [0, 0.1) is 0 Å². The van der Waals surface area contributed by atoms with Crippen LogP contribution in [0.25, 0.3) is 0 Å². The van der Waals surface area contributed by atoms with Crippen LogP contribution in [-0.2, 0) is 14.2 Å². The molecule has 2 unspecified atom stereocenters. The predicted molar refractivity (Wildman–Crippen MR) is 39.4 cm³/mol. The van der Waals surface area contributed by atoms with Gasteiger partial charge in [0.2, 0.25) is 0 Å². The van der Waals surface area contributed by atoms with E-state index in [1.54, 1.807) is 7.85 Å². The molecule has 0 aromatic rings. The Bertz CT molecular complexity index is 208. The van der Waals surface area contributed by atoms with Crippen molar-refractivity contribution in [3.05, 3.63) is 0 Å².